The molecule has 1 aliphatic carbocycles. The average molecular weight is 564 g/mol. The Morgan fingerprint density at radius 2 is 1.79 bits per heavy atom. The van der Waals surface area contributed by atoms with Crippen LogP contribution >= 0.6 is 11.6 Å². The summed E-state index contributed by atoms with van der Waals surface area (Å²) in [5.41, 5.74) is 0.845. The lowest BCUT2D eigenvalue weighted by Gasteiger charge is -2.41. The summed E-state index contributed by atoms with van der Waals surface area (Å²) in [5.74, 6) is 1.02. The first-order valence-corrected chi connectivity index (χ1v) is 14.8. The third-order valence-corrected chi connectivity index (χ3v) is 8.92. The number of methoxy groups -OCH3 is 1. The zero-order valence-electron chi connectivity index (χ0n) is 21.4. The number of hydrogen-bond acceptors (Lipinski definition) is 8. The van der Waals surface area contributed by atoms with Crippen molar-refractivity contribution in [2.24, 2.45) is 0 Å². The SMILES string of the molecule is COc1cc2ncnc(Nc3cccc(Cl)c3F)c2cc1O[C@H]1CC[C@@H](N2CCN(S(C)(=O)=O)CC2)CC1. The Morgan fingerprint density at radius 3 is 2.47 bits per heavy atom. The topological polar surface area (TPSA) is 96.9 Å². The smallest absolute Gasteiger partial charge is 0.211 e. The van der Waals surface area contributed by atoms with E-state index in [9.17, 15) is 12.8 Å². The Balaban J connectivity index is 1.28. The van der Waals surface area contributed by atoms with Crippen LogP contribution in [0.15, 0.2) is 36.7 Å². The quantitative estimate of drug-likeness (QED) is 0.451. The molecule has 3 aromatic rings. The summed E-state index contributed by atoms with van der Waals surface area (Å²) in [5, 5.41) is 3.71. The number of ether oxygens (including phenoxy) is 2. The molecule has 0 radical (unpaired) electrons. The molecule has 9 nitrogen and oxygen atoms in total. The standard InChI is InChI=1S/C26H31ClFN5O4S/c1-36-23-15-22-19(26(30-16-29-22)31-21-5-3-4-20(27)25(21)28)14-24(23)37-18-8-6-17(7-9-18)32-10-12-33(13-11-32)38(2,34)35/h3-5,14-18H,6-13H2,1-2H3,(H,29,30,31)/t17-,18+. The minimum Gasteiger partial charge on any atom is -0.493 e. The van der Waals surface area contributed by atoms with E-state index in [1.807, 2.05) is 6.07 Å². The van der Waals surface area contributed by atoms with Gasteiger partial charge in [0, 0.05) is 43.7 Å². The second-order valence-corrected chi connectivity index (χ2v) is 12.1. The van der Waals surface area contributed by atoms with E-state index in [-0.39, 0.29) is 16.8 Å². The largest absolute Gasteiger partial charge is 0.493 e. The number of nitrogens with one attached hydrogen (secondary N) is 1. The molecule has 0 bridgehead atoms. The molecule has 204 valence electrons. The lowest BCUT2D eigenvalue weighted by Crippen LogP contribution is -2.52. The zero-order chi connectivity index (χ0) is 26.9. The molecular weight excluding hydrogens is 533 g/mol. The molecule has 1 saturated heterocycles. The van der Waals surface area contributed by atoms with Gasteiger partial charge in [0.25, 0.3) is 0 Å². The molecule has 0 atom stereocenters. The van der Waals surface area contributed by atoms with E-state index in [0.717, 1.165) is 38.8 Å². The second kappa shape index (κ2) is 11.2. The number of anilines is 2. The van der Waals surface area contributed by atoms with Gasteiger partial charge in [0.05, 0.1) is 35.7 Å². The van der Waals surface area contributed by atoms with Crippen molar-refractivity contribution in [3.63, 3.8) is 0 Å². The summed E-state index contributed by atoms with van der Waals surface area (Å²) < 4.78 is 51.7. The predicted molar refractivity (Wildman–Crippen MR) is 145 cm³/mol. The highest BCUT2D eigenvalue weighted by Gasteiger charge is 2.31. The molecule has 12 heteroatoms. The maximum absolute atomic E-state index is 14.5. The van der Waals surface area contributed by atoms with E-state index >= 15 is 0 Å². The van der Waals surface area contributed by atoms with Gasteiger partial charge < -0.3 is 14.8 Å². The van der Waals surface area contributed by atoms with Crippen molar-refractivity contribution in [3.8, 4) is 11.5 Å². The molecule has 0 amide bonds. The van der Waals surface area contributed by atoms with E-state index in [0.29, 0.717) is 47.4 Å². The van der Waals surface area contributed by atoms with Crippen molar-refractivity contribution in [2.45, 2.75) is 37.8 Å². The summed E-state index contributed by atoms with van der Waals surface area (Å²) in [6, 6.07) is 8.79. The molecule has 1 N–H and O–H groups in total. The van der Waals surface area contributed by atoms with Gasteiger partial charge in [0.1, 0.15) is 12.1 Å². The van der Waals surface area contributed by atoms with Crippen molar-refractivity contribution in [2.75, 3.05) is 44.9 Å². The van der Waals surface area contributed by atoms with Crippen LogP contribution in [0.25, 0.3) is 10.9 Å². The fourth-order valence-corrected chi connectivity index (χ4v) is 6.25. The third-order valence-electron chi connectivity index (χ3n) is 7.32. The molecule has 1 saturated carbocycles. The highest BCUT2D eigenvalue weighted by molar-refractivity contribution is 7.88. The van der Waals surface area contributed by atoms with Crippen LogP contribution in [0.1, 0.15) is 25.7 Å². The first-order chi connectivity index (χ1) is 18.2. The van der Waals surface area contributed by atoms with Crippen molar-refractivity contribution in [1.29, 1.82) is 0 Å². The van der Waals surface area contributed by atoms with Crippen molar-refractivity contribution >= 4 is 44.0 Å². The Morgan fingerprint density at radius 1 is 1.05 bits per heavy atom. The van der Waals surface area contributed by atoms with Crippen LogP contribution in [0.4, 0.5) is 15.9 Å². The van der Waals surface area contributed by atoms with Gasteiger partial charge in [0.15, 0.2) is 17.3 Å². The number of rotatable bonds is 7. The van der Waals surface area contributed by atoms with Crippen LogP contribution in [0, 0.1) is 5.82 Å². The maximum atomic E-state index is 14.5. The lowest BCUT2D eigenvalue weighted by atomic mass is 9.91. The van der Waals surface area contributed by atoms with Crippen LogP contribution in [-0.2, 0) is 10.0 Å². The van der Waals surface area contributed by atoms with Crippen molar-refractivity contribution in [1.82, 2.24) is 19.2 Å². The van der Waals surface area contributed by atoms with E-state index in [2.05, 4.69) is 20.2 Å². The number of sulfonamides is 1. The summed E-state index contributed by atoms with van der Waals surface area (Å²) in [7, 11) is -1.55. The van der Waals surface area contributed by atoms with Crippen molar-refractivity contribution < 1.29 is 22.3 Å². The number of fused-ring (bicyclic) bond motifs is 1. The summed E-state index contributed by atoms with van der Waals surface area (Å²) in [4.78, 5) is 11.1. The number of hydrogen-bond donors (Lipinski definition) is 1. The summed E-state index contributed by atoms with van der Waals surface area (Å²) in [6.07, 6.45) is 6.40. The Hall–Kier alpha value is -2.73. The maximum Gasteiger partial charge on any atom is 0.211 e. The minimum atomic E-state index is -3.13. The van der Waals surface area contributed by atoms with Gasteiger partial charge in [-0.15, -0.1) is 0 Å². The monoisotopic (exact) mass is 563 g/mol. The van der Waals surface area contributed by atoms with Crippen LogP contribution in [0.3, 0.4) is 0 Å². The highest BCUT2D eigenvalue weighted by Crippen LogP contribution is 2.38. The predicted octanol–water partition coefficient (Wildman–Crippen LogP) is 4.44. The number of piperazine rings is 1. The molecule has 0 unspecified atom stereocenters. The van der Waals surface area contributed by atoms with Crippen LogP contribution in [0.2, 0.25) is 5.02 Å². The molecule has 2 fully saturated rings. The van der Waals surface area contributed by atoms with E-state index < -0.39 is 15.8 Å². The highest BCUT2D eigenvalue weighted by atomic mass is 35.5. The summed E-state index contributed by atoms with van der Waals surface area (Å²) >= 11 is 5.94. The molecule has 0 spiro atoms. The van der Waals surface area contributed by atoms with Gasteiger partial charge in [-0.2, -0.15) is 4.31 Å². The zero-order valence-corrected chi connectivity index (χ0v) is 22.9. The van der Waals surface area contributed by atoms with E-state index in [1.165, 1.54) is 18.6 Å². The van der Waals surface area contributed by atoms with E-state index in [4.69, 9.17) is 21.1 Å². The first-order valence-electron chi connectivity index (χ1n) is 12.6. The van der Waals surface area contributed by atoms with Gasteiger partial charge in [-0.05, 0) is 43.9 Å². The van der Waals surface area contributed by atoms with Gasteiger partial charge in [-0.1, -0.05) is 17.7 Å². The first kappa shape index (κ1) is 26.9. The molecule has 2 heterocycles. The third kappa shape index (κ3) is 5.80. The van der Waals surface area contributed by atoms with Crippen LogP contribution in [-0.4, -0.2) is 79.3 Å². The Kier molecular flexibility index (Phi) is 7.90. The van der Waals surface area contributed by atoms with Gasteiger partial charge >= 0.3 is 0 Å². The summed E-state index contributed by atoms with van der Waals surface area (Å²) in [6.45, 7) is 2.59. The molecular formula is C26H31ClFN5O4S. The van der Waals surface area contributed by atoms with Gasteiger partial charge in [-0.25, -0.2) is 22.8 Å². The Labute approximate surface area is 227 Å². The number of halogens is 2. The van der Waals surface area contributed by atoms with Crippen molar-refractivity contribution in [3.05, 3.63) is 47.5 Å². The number of aromatic nitrogens is 2. The van der Waals surface area contributed by atoms with Crippen LogP contribution < -0.4 is 14.8 Å². The molecule has 2 aliphatic rings. The molecule has 2 aromatic carbocycles. The number of nitrogens with zero attached hydrogens (tertiary/aromatic N) is 4. The molecule has 1 aliphatic heterocycles. The number of benzene rings is 2. The minimum absolute atomic E-state index is 0.0151. The normalized spacial score (nSPS) is 21.4. The van der Waals surface area contributed by atoms with Gasteiger partial charge in [0.2, 0.25) is 10.0 Å². The van der Waals surface area contributed by atoms with E-state index in [1.54, 1.807) is 29.6 Å². The molecule has 38 heavy (non-hydrogen) atoms. The van der Waals surface area contributed by atoms with Gasteiger partial charge in [-0.3, -0.25) is 4.90 Å². The van der Waals surface area contributed by atoms with Crippen LogP contribution in [0.5, 0.6) is 11.5 Å². The lowest BCUT2D eigenvalue weighted by molar-refractivity contribution is 0.0679. The fraction of sp³-hybridized carbons (Fsp3) is 0.462. The average Bonchev–Trinajstić information content (AvgIpc) is 2.91. The Bertz CT molecular complexity index is 1410. The molecule has 1 aromatic heterocycles. The fourth-order valence-electron chi connectivity index (χ4n) is 5.25. The second-order valence-electron chi connectivity index (χ2n) is 9.72. The molecule has 5 rings (SSSR count).